The minimum atomic E-state index is -0.441. The third-order valence-electron chi connectivity index (χ3n) is 4.60. The fourth-order valence-corrected chi connectivity index (χ4v) is 3.07. The highest BCUT2D eigenvalue weighted by atomic mass is 16.5. The maximum absolute atomic E-state index is 10.3. The van der Waals surface area contributed by atoms with Crippen LogP contribution in [0.1, 0.15) is 37.8 Å². The molecule has 0 saturated carbocycles. The molecule has 130 valence electrons. The molecule has 1 heterocycles. The molecular formula is C19H32N2O2. The summed E-state index contributed by atoms with van der Waals surface area (Å²) in [5.74, 6) is 1.33. The van der Waals surface area contributed by atoms with Gasteiger partial charge in [-0.2, -0.15) is 0 Å². The van der Waals surface area contributed by atoms with Gasteiger partial charge in [0.1, 0.15) is 18.5 Å². The van der Waals surface area contributed by atoms with Gasteiger partial charge < -0.3 is 14.7 Å². The molecule has 0 bridgehead atoms. The molecule has 1 atom stereocenters. The van der Waals surface area contributed by atoms with Gasteiger partial charge in [0.2, 0.25) is 0 Å². The molecule has 0 amide bonds. The van der Waals surface area contributed by atoms with Gasteiger partial charge in [0.15, 0.2) is 0 Å². The lowest BCUT2D eigenvalue weighted by atomic mass is 10.0. The second-order valence-corrected chi connectivity index (χ2v) is 6.90. The summed E-state index contributed by atoms with van der Waals surface area (Å²) >= 11 is 0. The van der Waals surface area contributed by atoms with Crippen LogP contribution in [0.5, 0.6) is 5.75 Å². The molecule has 23 heavy (non-hydrogen) atoms. The van der Waals surface area contributed by atoms with Crippen molar-refractivity contribution >= 4 is 0 Å². The summed E-state index contributed by atoms with van der Waals surface area (Å²) in [6.07, 6.45) is -0.441. The fourth-order valence-electron chi connectivity index (χ4n) is 3.07. The van der Waals surface area contributed by atoms with Gasteiger partial charge in [0, 0.05) is 32.7 Å². The van der Waals surface area contributed by atoms with E-state index in [9.17, 15) is 5.11 Å². The van der Waals surface area contributed by atoms with Crippen molar-refractivity contribution in [1.82, 2.24) is 9.80 Å². The Balaban J connectivity index is 1.83. The van der Waals surface area contributed by atoms with Crippen LogP contribution in [0.25, 0.3) is 0 Å². The van der Waals surface area contributed by atoms with Crippen LogP contribution in [-0.2, 0) is 0 Å². The first-order valence-electron chi connectivity index (χ1n) is 8.85. The molecule has 1 unspecified atom stereocenters. The third-order valence-corrected chi connectivity index (χ3v) is 4.60. The van der Waals surface area contributed by atoms with E-state index in [-0.39, 0.29) is 0 Å². The standard InChI is InChI=1S/C19H32N2O2/c1-5-20-8-10-21(11-9-20)13-17(22)14-23-19-12-16(4)6-7-18(19)15(2)3/h6-7,12,15,17,22H,5,8-11,13-14H2,1-4H3. The maximum atomic E-state index is 10.3. The van der Waals surface area contributed by atoms with Crippen LogP contribution in [0.3, 0.4) is 0 Å². The molecule has 0 aromatic heterocycles. The molecule has 2 rings (SSSR count). The molecule has 4 heteroatoms. The Morgan fingerprint density at radius 2 is 1.78 bits per heavy atom. The normalized spacial score (nSPS) is 18.3. The molecule has 0 spiro atoms. The monoisotopic (exact) mass is 320 g/mol. The summed E-state index contributed by atoms with van der Waals surface area (Å²) < 4.78 is 5.94. The predicted molar refractivity (Wildman–Crippen MR) is 95.3 cm³/mol. The molecule has 0 aliphatic carbocycles. The van der Waals surface area contributed by atoms with E-state index in [1.165, 1.54) is 11.1 Å². The molecule has 4 nitrogen and oxygen atoms in total. The number of aliphatic hydroxyl groups is 1. The Morgan fingerprint density at radius 3 is 2.39 bits per heavy atom. The number of ether oxygens (including phenoxy) is 1. The van der Waals surface area contributed by atoms with Crippen molar-refractivity contribution in [3.05, 3.63) is 29.3 Å². The maximum Gasteiger partial charge on any atom is 0.123 e. The average molecular weight is 320 g/mol. The van der Waals surface area contributed by atoms with Crippen molar-refractivity contribution in [1.29, 1.82) is 0 Å². The number of aryl methyl sites for hydroxylation is 1. The summed E-state index contributed by atoms with van der Waals surface area (Å²) in [6.45, 7) is 15.0. The van der Waals surface area contributed by atoms with Crippen LogP contribution in [0.15, 0.2) is 18.2 Å². The van der Waals surface area contributed by atoms with Crippen LogP contribution in [0.2, 0.25) is 0 Å². The zero-order valence-corrected chi connectivity index (χ0v) is 15.1. The van der Waals surface area contributed by atoms with Crippen LogP contribution < -0.4 is 4.74 Å². The molecular weight excluding hydrogens is 288 g/mol. The zero-order valence-electron chi connectivity index (χ0n) is 15.1. The Labute approximate surface area is 141 Å². The summed E-state index contributed by atoms with van der Waals surface area (Å²) in [5.41, 5.74) is 2.40. The van der Waals surface area contributed by atoms with Crippen LogP contribution in [-0.4, -0.2) is 66.9 Å². The first-order valence-corrected chi connectivity index (χ1v) is 8.85. The zero-order chi connectivity index (χ0) is 16.8. The number of likely N-dealkylation sites (N-methyl/N-ethyl adjacent to an activating group) is 1. The number of nitrogens with zero attached hydrogens (tertiary/aromatic N) is 2. The lowest BCUT2D eigenvalue weighted by Crippen LogP contribution is -2.49. The summed E-state index contributed by atoms with van der Waals surface area (Å²) in [6, 6.07) is 6.32. The average Bonchev–Trinajstić information content (AvgIpc) is 2.53. The van der Waals surface area contributed by atoms with Crippen molar-refractivity contribution in [2.24, 2.45) is 0 Å². The highest BCUT2D eigenvalue weighted by Gasteiger charge is 2.19. The molecule has 1 aliphatic heterocycles. The minimum absolute atomic E-state index is 0.358. The Bertz CT molecular complexity index is 482. The van der Waals surface area contributed by atoms with Crippen molar-refractivity contribution in [3.63, 3.8) is 0 Å². The van der Waals surface area contributed by atoms with E-state index in [4.69, 9.17) is 4.74 Å². The van der Waals surface area contributed by atoms with Gasteiger partial charge >= 0.3 is 0 Å². The molecule has 1 N–H and O–H groups in total. The summed E-state index contributed by atoms with van der Waals surface area (Å²) in [7, 11) is 0. The number of hydrogen-bond acceptors (Lipinski definition) is 4. The number of rotatable bonds is 7. The van der Waals surface area contributed by atoms with E-state index in [1.54, 1.807) is 0 Å². The van der Waals surface area contributed by atoms with Crippen molar-refractivity contribution in [2.45, 2.75) is 39.7 Å². The molecule has 0 radical (unpaired) electrons. The SMILES string of the molecule is CCN1CCN(CC(O)COc2cc(C)ccc2C(C)C)CC1. The van der Waals surface area contributed by atoms with E-state index in [2.05, 4.69) is 55.7 Å². The first-order chi connectivity index (χ1) is 11.0. The van der Waals surface area contributed by atoms with Gasteiger partial charge in [-0.3, -0.25) is 4.90 Å². The van der Waals surface area contributed by atoms with Crippen molar-refractivity contribution < 1.29 is 9.84 Å². The quantitative estimate of drug-likeness (QED) is 0.837. The van der Waals surface area contributed by atoms with Gasteiger partial charge in [-0.1, -0.05) is 32.9 Å². The Morgan fingerprint density at radius 1 is 1.13 bits per heavy atom. The van der Waals surface area contributed by atoms with E-state index < -0.39 is 6.10 Å². The largest absolute Gasteiger partial charge is 0.491 e. The van der Waals surface area contributed by atoms with Gasteiger partial charge in [-0.15, -0.1) is 0 Å². The Hall–Kier alpha value is -1.10. The number of benzene rings is 1. The van der Waals surface area contributed by atoms with Gasteiger partial charge in [-0.25, -0.2) is 0 Å². The Kier molecular flexibility index (Phi) is 6.88. The first kappa shape index (κ1) is 18.2. The van der Waals surface area contributed by atoms with Crippen LogP contribution in [0.4, 0.5) is 0 Å². The topological polar surface area (TPSA) is 35.9 Å². The number of β-amino-alcohol motifs (C(OH)–C–C–N with tert-alkyl or cyclic N) is 1. The van der Waals surface area contributed by atoms with E-state index in [0.717, 1.165) is 38.5 Å². The minimum Gasteiger partial charge on any atom is -0.491 e. The highest BCUT2D eigenvalue weighted by Crippen LogP contribution is 2.27. The second-order valence-electron chi connectivity index (χ2n) is 6.90. The molecule has 1 aliphatic rings. The van der Waals surface area contributed by atoms with Gasteiger partial charge in [0.05, 0.1) is 0 Å². The predicted octanol–water partition coefficient (Wildman–Crippen LogP) is 2.50. The van der Waals surface area contributed by atoms with E-state index in [0.29, 0.717) is 19.1 Å². The van der Waals surface area contributed by atoms with E-state index >= 15 is 0 Å². The molecule has 1 fully saturated rings. The van der Waals surface area contributed by atoms with Gasteiger partial charge in [0.25, 0.3) is 0 Å². The highest BCUT2D eigenvalue weighted by molar-refractivity contribution is 5.39. The number of aliphatic hydroxyl groups excluding tert-OH is 1. The smallest absolute Gasteiger partial charge is 0.123 e. The molecule has 1 aromatic rings. The number of piperazine rings is 1. The fraction of sp³-hybridized carbons (Fsp3) is 0.684. The van der Waals surface area contributed by atoms with Crippen LogP contribution >= 0.6 is 0 Å². The third kappa shape index (κ3) is 5.48. The lowest BCUT2D eigenvalue weighted by molar-refractivity contribution is 0.0468. The van der Waals surface area contributed by atoms with Crippen molar-refractivity contribution in [2.75, 3.05) is 45.9 Å². The van der Waals surface area contributed by atoms with Crippen LogP contribution in [0, 0.1) is 6.92 Å². The summed E-state index contributed by atoms with van der Waals surface area (Å²) in [5, 5.41) is 10.3. The van der Waals surface area contributed by atoms with E-state index in [1.807, 2.05) is 0 Å². The van der Waals surface area contributed by atoms with Gasteiger partial charge in [-0.05, 0) is 36.6 Å². The van der Waals surface area contributed by atoms with Crippen molar-refractivity contribution in [3.8, 4) is 5.75 Å². The summed E-state index contributed by atoms with van der Waals surface area (Å²) in [4.78, 5) is 4.78. The second kappa shape index (κ2) is 8.67. The molecule has 1 aromatic carbocycles. The molecule has 1 saturated heterocycles. The lowest BCUT2D eigenvalue weighted by Gasteiger charge is -2.35. The number of hydrogen-bond donors (Lipinski definition) is 1.